The second-order valence-corrected chi connectivity index (χ2v) is 8.73. The number of aliphatic hydroxyl groups excluding tert-OH is 1. The zero-order chi connectivity index (χ0) is 19.1. The Labute approximate surface area is 166 Å². The Bertz CT molecular complexity index is 699. The van der Waals surface area contributed by atoms with Gasteiger partial charge in [-0.05, 0) is 43.2 Å². The lowest BCUT2D eigenvalue weighted by Gasteiger charge is -2.33. The number of likely N-dealkylation sites (tertiary alicyclic amines) is 1. The molecule has 1 fully saturated rings. The number of rotatable bonds is 7. The number of amides is 1. The smallest absolute Gasteiger partial charge is 0.235 e. The van der Waals surface area contributed by atoms with Crippen LogP contribution in [0.5, 0.6) is 0 Å². The molecule has 0 spiro atoms. The molecular weight excluding hydrogens is 354 g/mol. The average molecular weight is 384 g/mol. The monoisotopic (exact) mass is 383 g/mol. The molecule has 27 heavy (non-hydrogen) atoms. The maximum atomic E-state index is 12.7. The first-order chi connectivity index (χ1) is 13.1. The SMILES string of the molecule is CC(SCC(O)c1ccccc1)C(=O)N1CCC(Cc2ccccc2)CC1. The molecular formula is C23H29NO2S. The zero-order valence-electron chi connectivity index (χ0n) is 16.0. The molecule has 4 heteroatoms. The van der Waals surface area contributed by atoms with Crippen molar-refractivity contribution in [2.75, 3.05) is 18.8 Å². The molecule has 3 rings (SSSR count). The van der Waals surface area contributed by atoms with E-state index in [1.54, 1.807) is 11.8 Å². The largest absolute Gasteiger partial charge is 0.388 e. The van der Waals surface area contributed by atoms with E-state index < -0.39 is 6.10 Å². The van der Waals surface area contributed by atoms with Crippen molar-refractivity contribution in [3.63, 3.8) is 0 Å². The lowest BCUT2D eigenvalue weighted by atomic mass is 9.90. The van der Waals surface area contributed by atoms with Crippen LogP contribution in [0.1, 0.15) is 37.0 Å². The van der Waals surface area contributed by atoms with Crippen LogP contribution >= 0.6 is 11.8 Å². The third kappa shape index (κ3) is 5.85. The van der Waals surface area contributed by atoms with E-state index in [2.05, 4.69) is 30.3 Å². The highest BCUT2D eigenvalue weighted by atomic mass is 32.2. The van der Waals surface area contributed by atoms with Crippen LogP contribution in [0.25, 0.3) is 0 Å². The van der Waals surface area contributed by atoms with Gasteiger partial charge in [-0.3, -0.25) is 4.79 Å². The van der Waals surface area contributed by atoms with Crippen LogP contribution in [-0.4, -0.2) is 40.0 Å². The number of benzene rings is 2. The molecule has 2 aromatic carbocycles. The van der Waals surface area contributed by atoms with Crippen molar-refractivity contribution >= 4 is 17.7 Å². The van der Waals surface area contributed by atoms with Gasteiger partial charge in [0.2, 0.25) is 5.91 Å². The molecule has 2 atom stereocenters. The number of nitrogens with zero attached hydrogens (tertiary/aromatic N) is 1. The van der Waals surface area contributed by atoms with Crippen LogP contribution in [0.2, 0.25) is 0 Å². The molecule has 1 heterocycles. The predicted molar refractivity (Wildman–Crippen MR) is 113 cm³/mol. The second-order valence-electron chi connectivity index (χ2n) is 7.36. The van der Waals surface area contributed by atoms with Crippen molar-refractivity contribution in [1.29, 1.82) is 0 Å². The minimum absolute atomic E-state index is 0.117. The normalized spacial score (nSPS) is 17.5. The van der Waals surface area contributed by atoms with Crippen molar-refractivity contribution in [3.05, 3.63) is 71.8 Å². The molecule has 2 aromatic rings. The quantitative estimate of drug-likeness (QED) is 0.774. The van der Waals surface area contributed by atoms with Crippen molar-refractivity contribution in [2.45, 2.75) is 37.5 Å². The highest BCUT2D eigenvalue weighted by molar-refractivity contribution is 8.00. The number of carbonyl (C=O) groups excluding carboxylic acids is 1. The van der Waals surface area contributed by atoms with Crippen molar-refractivity contribution in [3.8, 4) is 0 Å². The fourth-order valence-corrected chi connectivity index (χ4v) is 4.60. The summed E-state index contributed by atoms with van der Waals surface area (Å²) in [6.07, 6.45) is 2.73. The van der Waals surface area contributed by atoms with Gasteiger partial charge >= 0.3 is 0 Å². The maximum absolute atomic E-state index is 12.7. The summed E-state index contributed by atoms with van der Waals surface area (Å²) in [5.74, 6) is 1.42. The Hall–Kier alpha value is -1.78. The standard InChI is InChI=1S/C23H29NO2S/c1-18(27-17-22(25)21-10-6-3-7-11-21)23(26)24-14-12-20(13-15-24)16-19-8-4-2-5-9-19/h2-11,18,20,22,25H,12-17H2,1H3. The molecule has 2 unspecified atom stereocenters. The summed E-state index contributed by atoms with van der Waals surface area (Å²) >= 11 is 1.54. The summed E-state index contributed by atoms with van der Waals surface area (Å²) in [5, 5.41) is 10.2. The molecule has 0 aromatic heterocycles. The van der Waals surface area contributed by atoms with Gasteiger partial charge in [0, 0.05) is 18.8 Å². The second kappa shape index (κ2) is 9.95. The van der Waals surface area contributed by atoms with Crippen LogP contribution in [0.15, 0.2) is 60.7 Å². The molecule has 1 aliphatic heterocycles. The van der Waals surface area contributed by atoms with Gasteiger partial charge in [-0.25, -0.2) is 0 Å². The summed E-state index contributed by atoms with van der Waals surface area (Å²) in [7, 11) is 0. The first-order valence-electron chi connectivity index (χ1n) is 9.81. The highest BCUT2D eigenvalue weighted by Gasteiger charge is 2.26. The summed E-state index contributed by atoms with van der Waals surface area (Å²) in [6.45, 7) is 3.66. The van der Waals surface area contributed by atoms with Gasteiger partial charge in [-0.15, -0.1) is 11.8 Å². The van der Waals surface area contributed by atoms with Gasteiger partial charge in [0.05, 0.1) is 11.4 Å². The zero-order valence-corrected chi connectivity index (χ0v) is 16.8. The molecule has 1 amide bonds. The Morgan fingerprint density at radius 1 is 1.07 bits per heavy atom. The molecule has 3 nitrogen and oxygen atoms in total. The summed E-state index contributed by atoms with van der Waals surface area (Å²) < 4.78 is 0. The number of carbonyl (C=O) groups is 1. The number of thioether (sulfide) groups is 1. The van der Waals surface area contributed by atoms with Crippen LogP contribution in [0.3, 0.4) is 0 Å². The number of piperidine rings is 1. The van der Waals surface area contributed by atoms with Crippen molar-refractivity contribution in [2.24, 2.45) is 5.92 Å². The molecule has 0 bridgehead atoms. The third-order valence-corrected chi connectivity index (χ3v) is 6.54. The molecule has 0 radical (unpaired) electrons. The molecule has 1 aliphatic rings. The average Bonchev–Trinajstić information content (AvgIpc) is 2.73. The molecule has 0 saturated carbocycles. The Morgan fingerprint density at radius 3 is 2.30 bits per heavy atom. The van der Waals surface area contributed by atoms with Gasteiger partial charge in [-0.1, -0.05) is 60.7 Å². The first-order valence-corrected chi connectivity index (χ1v) is 10.9. The first kappa shape index (κ1) is 20.0. The van der Waals surface area contributed by atoms with Gasteiger partial charge in [0.15, 0.2) is 0 Å². The fraction of sp³-hybridized carbons (Fsp3) is 0.435. The van der Waals surface area contributed by atoms with Gasteiger partial charge in [0.1, 0.15) is 0 Å². The minimum atomic E-state index is -0.525. The van der Waals surface area contributed by atoms with Crippen LogP contribution < -0.4 is 0 Å². The Balaban J connectivity index is 1.42. The summed E-state index contributed by atoms with van der Waals surface area (Å²) in [4.78, 5) is 14.7. The molecule has 1 N–H and O–H groups in total. The van der Waals surface area contributed by atoms with Gasteiger partial charge in [0.25, 0.3) is 0 Å². The lowest BCUT2D eigenvalue weighted by Crippen LogP contribution is -2.42. The third-order valence-electron chi connectivity index (χ3n) is 5.33. The van der Waals surface area contributed by atoms with Gasteiger partial charge < -0.3 is 10.0 Å². The molecule has 0 aliphatic carbocycles. The van der Waals surface area contributed by atoms with E-state index in [0.717, 1.165) is 37.9 Å². The molecule has 144 valence electrons. The number of hydrogen-bond donors (Lipinski definition) is 1. The van der Waals surface area contributed by atoms with E-state index in [9.17, 15) is 9.90 Å². The van der Waals surface area contributed by atoms with Gasteiger partial charge in [-0.2, -0.15) is 0 Å². The van der Waals surface area contributed by atoms with Crippen molar-refractivity contribution < 1.29 is 9.90 Å². The van der Waals surface area contributed by atoms with Crippen LogP contribution in [-0.2, 0) is 11.2 Å². The van der Waals surface area contributed by atoms with E-state index in [0.29, 0.717) is 11.7 Å². The Morgan fingerprint density at radius 2 is 1.67 bits per heavy atom. The maximum Gasteiger partial charge on any atom is 0.235 e. The van der Waals surface area contributed by atoms with E-state index in [4.69, 9.17) is 0 Å². The number of hydrogen-bond acceptors (Lipinski definition) is 3. The minimum Gasteiger partial charge on any atom is -0.388 e. The van der Waals surface area contributed by atoms with E-state index in [1.165, 1.54) is 5.56 Å². The fourth-order valence-electron chi connectivity index (χ4n) is 3.64. The van der Waals surface area contributed by atoms with E-state index >= 15 is 0 Å². The van der Waals surface area contributed by atoms with E-state index in [-0.39, 0.29) is 11.2 Å². The predicted octanol–water partition coefficient (Wildman–Crippen LogP) is 4.32. The highest BCUT2D eigenvalue weighted by Crippen LogP contribution is 2.26. The lowest BCUT2D eigenvalue weighted by molar-refractivity contribution is -0.131. The summed E-state index contributed by atoms with van der Waals surface area (Å²) in [5.41, 5.74) is 2.30. The topological polar surface area (TPSA) is 40.5 Å². The summed E-state index contributed by atoms with van der Waals surface area (Å²) in [6, 6.07) is 20.3. The van der Waals surface area contributed by atoms with E-state index in [1.807, 2.05) is 42.2 Å². The van der Waals surface area contributed by atoms with Crippen LogP contribution in [0.4, 0.5) is 0 Å². The molecule has 1 saturated heterocycles. The Kier molecular flexibility index (Phi) is 7.36. The van der Waals surface area contributed by atoms with Crippen molar-refractivity contribution in [1.82, 2.24) is 4.90 Å². The number of aliphatic hydroxyl groups is 1. The van der Waals surface area contributed by atoms with Crippen LogP contribution in [0, 0.1) is 5.92 Å².